The molecule has 0 spiro atoms. The number of hydrogen-bond donors (Lipinski definition) is 1. The van der Waals surface area contributed by atoms with Crippen molar-refractivity contribution in [1.82, 2.24) is 15.5 Å². The molecule has 0 amide bonds. The number of nitrogens with zero attached hydrogens (tertiary/aromatic N) is 2. The van der Waals surface area contributed by atoms with Crippen LogP contribution in [-0.2, 0) is 6.42 Å². The summed E-state index contributed by atoms with van der Waals surface area (Å²) < 4.78 is 15.8. The van der Waals surface area contributed by atoms with E-state index in [9.17, 15) is 0 Å². The van der Waals surface area contributed by atoms with Gasteiger partial charge in [-0.3, -0.25) is 0 Å². The summed E-state index contributed by atoms with van der Waals surface area (Å²) in [7, 11) is 1.90. The summed E-state index contributed by atoms with van der Waals surface area (Å²) in [5.74, 6) is 2.35. The van der Waals surface area contributed by atoms with E-state index in [-0.39, 0.29) is 19.2 Å². The van der Waals surface area contributed by atoms with Gasteiger partial charge in [0.05, 0.1) is 5.02 Å². The van der Waals surface area contributed by atoms with Crippen molar-refractivity contribution in [3.63, 3.8) is 0 Å². The molecule has 0 aliphatic carbocycles. The van der Waals surface area contributed by atoms with E-state index in [4.69, 9.17) is 25.6 Å². The molecule has 1 aliphatic rings. The molecule has 0 fully saturated rings. The van der Waals surface area contributed by atoms with Crippen molar-refractivity contribution in [2.24, 2.45) is 0 Å². The predicted octanol–water partition coefficient (Wildman–Crippen LogP) is 3.19. The van der Waals surface area contributed by atoms with Gasteiger partial charge in [0.2, 0.25) is 6.79 Å². The maximum Gasteiger partial charge on any atom is 0.250 e. The van der Waals surface area contributed by atoms with E-state index in [2.05, 4.69) is 22.4 Å². The molecular formula is C15H17Cl2N3O3. The van der Waals surface area contributed by atoms with Gasteiger partial charge >= 0.3 is 0 Å². The lowest BCUT2D eigenvalue weighted by atomic mass is 10.2. The van der Waals surface area contributed by atoms with Crippen molar-refractivity contribution in [3.8, 4) is 11.5 Å². The maximum absolute atomic E-state index is 6.14. The second kappa shape index (κ2) is 7.68. The third-order valence-corrected chi connectivity index (χ3v) is 3.61. The van der Waals surface area contributed by atoms with E-state index >= 15 is 0 Å². The van der Waals surface area contributed by atoms with Crippen LogP contribution in [0.1, 0.15) is 24.2 Å². The molecule has 23 heavy (non-hydrogen) atoms. The van der Waals surface area contributed by atoms with Crippen LogP contribution in [-0.4, -0.2) is 30.0 Å². The van der Waals surface area contributed by atoms with Gasteiger partial charge in [0.15, 0.2) is 17.3 Å². The fourth-order valence-corrected chi connectivity index (χ4v) is 2.32. The van der Waals surface area contributed by atoms with E-state index in [0.717, 1.165) is 5.56 Å². The summed E-state index contributed by atoms with van der Waals surface area (Å²) in [6.07, 6.45) is 4.30. The highest BCUT2D eigenvalue weighted by Gasteiger charge is 2.17. The largest absolute Gasteiger partial charge is 0.454 e. The molecule has 124 valence electrons. The van der Waals surface area contributed by atoms with Gasteiger partial charge in [0.25, 0.3) is 5.89 Å². The lowest BCUT2D eigenvalue weighted by Gasteiger charge is -2.04. The van der Waals surface area contributed by atoms with Gasteiger partial charge in [0, 0.05) is 18.5 Å². The normalized spacial score (nSPS) is 14.0. The molecule has 0 saturated heterocycles. The molecule has 6 nitrogen and oxygen atoms in total. The second-order valence-corrected chi connectivity index (χ2v) is 5.42. The minimum atomic E-state index is 0. The Labute approximate surface area is 145 Å². The van der Waals surface area contributed by atoms with Crippen LogP contribution in [0.25, 0.3) is 12.2 Å². The highest BCUT2D eigenvalue weighted by atomic mass is 35.5. The van der Waals surface area contributed by atoms with E-state index in [0.29, 0.717) is 40.7 Å². The zero-order valence-electron chi connectivity index (χ0n) is 12.7. The van der Waals surface area contributed by atoms with Gasteiger partial charge in [-0.25, -0.2) is 0 Å². The van der Waals surface area contributed by atoms with Gasteiger partial charge in [-0.1, -0.05) is 16.8 Å². The van der Waals surface area contributed by atoms with E-state index in [1.807, 2.05) is 19.2 Å². The average molecular weight is 358 g/mol. The average Bonchev–Trinajstić information content (AvgIpc) is 3.14. The maximum atomic E-state index is 6.14. The summed E-state index contributed by atoms with van der Waals surface area (Å²) in [5, 5.41) is 7.59. The number of benzene rings is 1. The minimum Gasteiger partial charge on any atom is -0.454 e. The first kappa shape index (κ1) is 17.6. The van der Waals surface area contributed by atoms with Crippen LogP contribution in [0.4, 0.5) is 0 Å². The number of hydrogen-bond acceptors (Lipinski definition) is 6. The van der Waals surface area contributed by atoms with Crippen molar-refractivity contribution in [1.29, 1.82) is 0 Å². The zero-order valence-corrected chi connectivity index (χ0v) is 14.3. The van der Waals surface area contributed by atoms with Crippen LogP contribution >= 0.6 is 24.0 Å². The smallest absolute Gasteiger partial charge is 0.250 e. The Bertz CT molecular complexity index is 703. The van der Waals surface area contributed by atoms with Crippen molar-refractivity contribution in [2.75, 3.05) is 13.8 Å². The molecule has 2 aromatic rings. The lowest BCUT2D eigenvalue weighted by molar-refractivity contribution is 0.174. The third-order valence-electron chi connectivity index (χ3n) is 3.33. The molecule has 0 radical (unpaired) electrons. The molecule has 2 heterocycles. The monoisotopic (exact) mass is 357 g/mol. The molecule has 0 saturated carbocycles. The first-order valence-electron chi connectivity index (χ1n) is 6.93. The standard InChI is InChI=1S/C15H16ClN3O3.ClH/c1-9(17-2)5-13-18-14(22-19-13)4-3-10-6-11(16)15-12(7-10)20-8-21-15;/h3-4,6-7,9,17H,5,8H2,1-2H3;1H/b4-3+;. The van der Waals surface area contributed by atoms with Crippen LogP contribution in [0.2, 0.25) is 5.02 Å². The minimum absolute atomic E-state index is 0. The van der Waals surface area contributed by atoms with E-state index < -0.39 is 0 Å². The summed E-state index contributed by atoms with van der Waals surface area (Å²) in [4.78, 5) is 4.31. The van der Waals surface area contributed by atoms with Gasteiger partial charge in [0.1, 0.15) is 0 Å². The third kappa shape index (κ3) is 4.16. The quantitative estimate of drug-likeness (QED) is 0.885. The number of rotatable bonds is 5. The molecule has 8 heteroatoms. The van der Waals surface area contributed by atoms with Crippen LogP contribution in [0.5, 0.6) is 11.5 Å². The van der Waals surface area contributed by atoms with E-state index in [1.165, 1.54) is 0 Å². The Kier molecular flexibility index (Phi) is 5.87. The van der Waals surface area contributed by atoms with Crippen molar-refractivity contribution < 1.29 is 14.0 Å². The molecule has 1 atom stereocenters. The fourth-order valence-electron chi connectivity index (χ4n) is 2.05. The Balaban J connectivity index is 0.00000192. The molecule has 3 rings (SSSR count). The highest BCUT2D eigenvalue weighted by molar-refractivity contribution is 6.32. The van der Waals surface area contributed by atoms with Crippen molar-refractivity contribution in [2.45, 2.75) is 19.4 Å². The molecular weight excluding hydrogens is 341 g/mol. The summed E-state index contributed by atoms with van der Waals surface area (Å²) in [6, 6.07) is 3.94. The van der Waals surface area contributed by atoms with Crippen LogP contribution < -0.4 is 14.8 Å². The number of likely N-dealkylation sites (N-methyl/N-ethyl adjacent to an activating group) is 1. The fraction of sp³-hybridized carbons (Fsp3) is 0.333. The molecule has 1 aromatic carbocycles. The Morgan fingerprint density at radius 1 is 1.35 bits per heavy atom. The van der Waals surface area contributed by atoms with Crippen LogP contribution in [0, 0.1) is 0 Å². The molecule has 1 N–H and O–H groups in total. The molecule has 1 unspecified atom stereocenters. The number of fused-ring (bicyclic) bond motifs is 1. The van der Waals surface area contributed by atoms with Crippen molar-refractivity contribution in [3.05, 3.63) is 34.4 Å². The topological polar surface area (TPSA) is 69.4 Å². The first-order chi connectivity index (χ1) is 10.7. The van der Waals surface area contributed by atoms with Gasteiger partial charge in [-0.15, -0.1) is 12.4 Å². The van der Waals surface area contributed by atoms with E-state index in [1.54, 1.807) is 12.1 Å². The summed E-state index contributed by atoms with van der Waals surface area (Å²) in [6.45, 7) is 2.25. The number of halogens is 2. The Morgan fingerprint density at radius 2 is 2.17 bits per heavy atom. The molecule has 1 aromatic heterocycles. The Hall–Kier alpha value is -1.76. The first-order valence-corrected chi connectivity index (χ1v) is 7.30. The van der Waals surface area contributed by atoms with Crippen molar-refractivity contribution >= 4 is 36.2 Å². The van der Waals surface area contributed by atoms with Gasteiger partial charge in [-0.2, -0.15) is 4.98 Å². The van der Waals surface area contributed by atoms with Crippen LogP contribution in [0.15, 0.2) is 16.7 Å². The number of aromatic nitrogens is 2. The molecule has 1 aliphatic heterocycles. The molecule has 0 bridgehead atoms. The second-order valence-electron chi connectivity index (χ2n) is 5.01. The number of nitrogens with one attached hydrogen (secondary N) is 1. The van der Waals surface area contributed by atoms with Gasteiger partial charge in [-0.05, 0) is 37.7 Å². The predicted molar refractivity (Wildman–Crippen MR) is 90.3 cm³/mol. The SMILES string of the molecule is CNC(C)Cc1noc(/C=C/c2cc(Cl)c3c(c2)OCO3)n1.Cl. The lowest BCUT2D eigenvalue weighted by Crippen LogP contribution is -2.24. The number of ether oxygens (including phenoxy) is 2. The summed E-state index contributed by atoms with van der Waals surface area (Å²) in [5.41, 5.74) is 0.873. The summed E-state index contributed by atoms with van der Waals surface area (Å²) >= 11 is 6.14. The van der Waals surface area contributed by atoms with Crippen LogP contribution in [0.3, 0.4) is 0 Å². The highest BCUT2D eigenvalue weighted by Crippen LogP contribution is 2.40. The Morgan fingerprint density at radius 3 is 2.96 bits per heavy atom. The zero-order chi connectivity index (χ0) is 15.5. The van der Waals surface area contributed by atoms with Gasteiger partial charge < -0.3 is 19.3 Å².